The summed E-state index contributed by atoms with van der Waals surface area (Å²) in [4.78, 5) is 11.5. The van der Waals surface area contributed by atoms with Crippen LogP contribution in [0.4, 0.5) is 0 Å². The number of rotatable bonds is 3. The first-order chi connectivity index (χ1) is 8.91. The second kappa shape index (κ2) is 5.10. The van der Waals surface area contributed by atoms with Crippen molar-refractivity contribution >= 4 is 17.5 Å². The number of aromatic nitrogens is 1. The van der Waals surface area contributed by atoms with E-state index in [1.807, 2.05) is 37.3 Å². The molecular formula is C15H17ClN2O. The maximum Gasteiger partial charge on any atom is 0.250 e. The monoisotopic (exact) mass is 276 g/mol. The van der Waals surface area contributed by atoms with Gasteiger partial charge in [-0.1, -0.05) is 23.7 Å². The minimum atomic E-state index is -0.396. The van der Waals surface area contributed by atoms with Gasteiger partial charge in [0.05, 0.1) is 5.56 Å². The van der Waals surface area contributed by atoms with E-state index in [1.165, 1.54) is 0 Å². The van der Waals surface area contributed by atoms with Crippen LogP contribution in [0.25, 0.3) is 11.3 Å². The number of hydrogen-bond donors (Lipinski definition) is 1. The van der Waals surface area contributed by atoms with Crippen molar-refractivity contribution in [1.82, 2.24) is 4.57 Å². The van der Waals surface area contributed by atoms with Crippen molar-refractivity contribution in [3.8, 4) is 11.3 Å². The van der Waals surface area contributed by atoms with Gasteiger partial charge >= 0.3 is 0 Å². The van der Waals surface area contributed by atoms with Gasteiger partial charge in [-0.05, 0) is 44.5 Å². The van der Waals surface area contributed by atoms with E-state index < -0.39 is 5.91 Å². The predicted octanol–water partition coefficient (Wildman–Crippen LogP) is 3.80. The Morgan fingerprint density at radius 3 is 2.32 bits per heavy atom. The molecule has 0 saturated heterocycles. The minimum Gasteiger partial charge on any atom is -0.366 e. The van der Waals surface area contributed by atoms with Crippen molar-refractivity contribution in [3.05, 3.63) is 46.6 Å². The average molecular weight is 277 g/mol. The Morgan fingerprint density at radius 2 is 1.84 bits per heavy atom. The highest BCUT2D eigenvalue weighted by molar-refractivity contribution is 6.30. The Kier molecular flexibility index (Phi) is 3.67. The molecule has 0 aliphatic rings. The fraction of sp³-hybridized carbons (Fsp3) is 0.267. The molecule has 4 heteroatoms. The molecule has 0 atom stereocenters. The summed E-state index contributed by atoms with van der Waals surface area (Å²) in [6.45, 7) is 6.08. The second-order valence-electron chi connectivity index (χ2n) is 4.86. The summed E-state index contributed by atoms with van der Waals surface area (Å²) in [5, 5.41) is 0.693. The molecule has 0 aliphatic carbocycles. The first-order valence-corrected chi connectivity index (χ1v) is 6.57. The molecule has 0 aliphatic heterocycles. The first-order valence-electron chi connectivity index (χ1n) is 6.19. The molecule has 2 aromatic rings. The third-order valence-corrected chi connectivity index (χ3v) is 3.47. The van der Waals surface area contributed by atoms with Crippen molar-refractivity contribution in [2.24, 2.45) is 5.73 Å². The molecular weight excluding hydrogens is 260 g/mol. The lowest BCUT2D eigenvalue weighted by Crippen LogP contribution is -2.13. The fourth-order valence-electron chi connectivity index (χ4n) is 2.38. The summed E-state index contributed by atoms with van der Waals surface area (Å²) < 4.78 is 2.11. The third kappa shape index (κ3) is 2.51. The zero-order chi connectivity index (χ0) is 14.2. The number of halogens is 1. The number of nitrogens with two attached hydrogens (primary N) is 1. The number of hydrogen-bond acceptors (Lipinski definition) is 1. The van der Waals surface area contributed by atoms with Crippen LogP contribution in [0.5, 0.6) is 0 Å². The second-order valence-corrected chi connectivity index (χ2v) is 5.30. The van der Waals surface area contributed by atoms with E-state index in [9.17, 15) is 4.79 Å². The molecule has 0 unspecified atom stereocenters. The van der Waals surface area contributed by atoms with Crippen LogP contribution in [0.15, 0.2) is 30.3 Å². The van der Waals surface area contributed by atoms with Gasteiger partial charge in [-0.25, -0.2) is 0 Å². The number of amides is 1. The van der Waals surface area contributed by atoms with Crippen molar-refractivity contribution in [1.29, 1.82) is 0 Å². The SMILES string of the molecule is Cc1c(C(N)=O)cc(-c2ccc(Cl)cc2)n1C(C)C. The molecule has 0 saturated carbocycles. The first kappa shape index (κ1) is 13.7. The van der Waals surface area contributed by atoms with Gasteiger partial charge in [0, 0.05) is 22.5 Å². The van der Waals surface area contributed by atoms with Crippen molar-refractivity contribution < 1.29 is 4.79 Å². The molecule has 1 aromatic carbocycles. The number of carbonyl (C=O) groups is 1. The molecule has 0 bridgehead atoms. The standard InChI is InChI=1S/C15H17ClN2O/c1-9(2)18-10(3)13(15(17)19)8-14(18)11-4-6-12(16)7-5-11/h4-9H,1-3H3,(H2,17,19). The highest BCUT2D eigenvalue weighted by Gasteiger charge is 2.18. The average Bonchev–Trinajstić information content (AvgIpc) is 2.68. The Hall–Kier alpha value is -1.74. The zero-order valence-electron chi connectivity index (χ0n) is 11.3. The van der Waals surface area contributed by atoms with Gasteiger partial charge in [0.15, 0.2) is 0 Å². The molecule has 0 radical (unpaired) electrons. The van der Waals surface area contributed by atoms with Gasteiger partial charge in [-0.15, -0.1) is 0 Å². The van der Waals surface area contributed by atoms with Crippen LogP contribution in [0.1, 0.15) is 35.9 Å². The number of nitrogens with zero attached hydrogens (tertiary/aromatic N) is 1. The maximum absolute atomic E-state index is 11.5. The molecule has 2 rings (SSSR count). The van der Waals surface area contributed by atoms with Gasteiger partial charge in [-0.3, -0.25) is 4.79 Å². The van der Waals surface area contributed by atoms with E-state index in [0.29, 0.717) is 10.6 Å². The normalized spacial score (nSPS) is 11.0. The van der Waals surface area contributed by atoms with Crippen molar-refractivity contribution in [2.75, 3.05) is 0 Å². The van der Waals surface area contributed by atoms with E-state index in [1.54, 1.807) is 0 Å². The molecule has 3 nitrogen and oxygen atoms in total. The summed E-state index contributed by atoms with van der Waals surface area (Å²) in [6.07, 6.45) is 0. The molecule has 100 valence electrons. The van der Waals surface area contributed by atoms with Crippen LogP contribution >= 0.6 is 11.6 Å². The summed E-state index contributed by atoms with van der Waals surface area (Å²) in [6, 6.07) is 9.67. The fourth-order valence-corrected chi connectivity index (χ4v) is 2.51. The van der Waals surface area contributed by atoms with Crippen molar-refractivity contribution in [3.63, 3.8) is 0 Å². The molecule has 19 heavy (non-hydrogen) atoms. The molecule has 1 aromatic heterocycles. The maximum atomic E-state index is 11.5. The molecule has 0 spiro atoms. The Morgan fingerprint density at radius 1 is 1.26 bits per heavy atom. The third-order valence-electron chi connectivity index (χ3n) is 3.21. The zero-order valence-corrected chi connectivity index (χ0v) is 12.0. The molecule has 0 fully saturated rings. The lowest BCUT2D eigenvalue weighted by Gasteiger charge is -2.16. The van der Waals surface area contributed by atoms with Crippen LogP contribution in [-0.2, 0) is 0 Å². The minimum absolute atomic E-state index is 0.249. The van der Waals surface area contributed by atoms with Crippen LogP contribution < -0.4 is 5.73 Å². The number of carbonyl (C=O) groups excluding carboxylic acids is 1. The van der Waals surface area contributed by atoms with Crippen LogP contribution in [0, 0.1) is 6.92 Å². The van der Waals surface area contributed by atoms with Gasteiger partial charge in [0.2, 0.25) is 0 Å². The largest absolute Gasteiger partial charge is 0.366 e. The van der Waals surface area contributed by atoms with Crippen LogP contribution in [0.2, 0.25) is 5.02 Å². The van der Waals surface area contributed by atoms with E-state index >= 15 is 0 Å². The topological polar surface area (TPSA) is 48.0 Å². The highest BCUT2D eigenvalue weighted by atomic mass is 35.5. The number of benzene rings is 1. The molecule has 2 N–H and O–H groups in total. The summed E-state index contributed by atoms with van der Waals surface area (Å²) in [5.74, 6) is -0.396. The Bertz CT molecular complexity index is 612. The van der Waals surface area contributed by atoms with E-state index in [-0.39, 0.29) is 6.04 Å². The highest BCUT2D eigenvalue weighted by Crippen LogP contribution is 2.29. The number of primary amides is 1. The van der Waals surface area contributed by atoms with Gasteiger partial charge in [-0.2, -0.15) is 0 Å². The van der Waals surface area contributed by atoms with E-state index in [2.05, 4.69) is 18.4 Å². The summed E-state index contributed by atoms with van der Waals surface area (Å²) in [5.41, 5.74) is 8.90. The summed E-state index contributed by atoms with van der Waals surface area (Å²) >= 11 is 5.91. The quantitative estimate of drug-likeness (QED) is 0.911. The van der Waals surface area contributed by atoms with Crippen molar-refractivity contribution in [2.45, 2.75) is 26.8 Å². The lowest BCUT2D eigenvalue weighted by molar-refractivity contribution is 0.0999. The smallest absolute Gasteiger partial charge is 0.250 e. The summed E-state index contributed by atoms with van der Waals surface area (Å²) in [7, 11) is 0. The van der Waals surface area contributed by atoms with E-state index in [0.717, 1.165) is 17.0 Å². The van der Waals surface area contributed by atoms with Crippen LogP contribution in [-0.4, -0.2) is 10.5 Å². The molecule has 1 heterocycles. The van der Waals surface area contributed by atoms with Gasteiger partial charge < -0.3 is 10.3 Å². The Balaban J connectivity index is 2.65. The van der Waals surface area contributed by atoms with Gasteiger partial charge in [0.1, 0.15) is 0 Å². The van der Waals surface area contributed by atoms with Crippen LogP contribution in [0.3, 0.4) is 0 Å². The Labute approximate surface area is 118 Å². The molecule has 1 amide bonds. The van der Waals surface area contributed by atoms with Gasteiger partial charge in [0.25, 0.3) is 5.91 Å². The van der Waals surface area contributed by atoms with E-state index in [4.69, 9.17) is 17.3 Å². The predicted molar refractivity (Wildman–Crippen MR) is 78.5 cm³/mol. The lowest BCUT2D eigenvalue weighted by atomic mass is 10.1.